The Morgan fingerprint density at radius 2 is 1.65 bits per heavy atom. The Morgan fingerprint density at radius 3 is 2.42 bits per heavy atom. The maximum Gasteiger partial charge on any atom is 0.200 e. The average Bonchev–Trinajstić information content (AvgIpc) is 3.37. The van der Waals surface area contributed by atoms with Crippen LogP contribution in [0.1, 0.15) is 6.42 Å². The molecule has 2 aromatic carbocycles. The molecular weight excluding hydrogens is 324 g/mol. The Labute approximate surface area is 151 Å². The standard InChI is InChI=1S/C20H20N6/c1-3-8-16(9-4-1)18-14-22-20(23-18)21-12-7-13-26-15-19(24-25-26)17-10-5-2-6-11-17/h1-6,8-11,14-15H,7,12-13H2,(H2,21,22,23). The Hall–Kier alpha value is -3.41. The molecule has 0 radical (unpaired) electrons. The number of aromatic nitrogens is 5. The van der Waals surface area contributed by atoms with Gasteiger partial charge in [0, 0.05) is 18.7 Å². The highest BCUT2D eigenvalue weighted by atomic mass is 15.4. The van der Waals surface area contributed by atoms with E-state index >= 15 is 0 Å². The number of imidazole rings is 1. The van der Waals surface area contributed by atoms with Crippen molar-refractivity contribution < 1.29 is 0 Å². The summed E-state index contributed by atoms with van der Waals surface area (Å²) in [6, 6.07) is 20.3. The van der Waals surface area contributed by atoms with E-state index in [0.29, 0.717) is 0 Å². The summed E-state index contributed by atoms with van der Waals surface area (Å²) in [5.74, 6) is 0.785. The van der Waals surface area contributed by atoms with Gasteiger partial charge < -0.3 is 10.3 Å². The molecule has 2 N–H and O–H groups in total. The van der Waals surface area contributed by atoms with E-state index in [4.69, 9.17) is 0 Å². The highest BCUT2D eigenvalue weighted by Gasteiger charge is 2.04. The van der Waals surface area contributed by atoms with Crippen molar-refractivity contribution in [1.29, 1.82) is 0 Å². The summed E-state index contributed by atoms with van der Waals surface area (Å²) in [6.45, 7) is 1.61. The van der Waals surface area contributed by atoms with Crippen molar-refractivity contribution >= 4 is 5.95 Å². The molecule has 0 aliphatic heterocycles. The van der Waals surface area contributed by atoms with Crippen LogP contribution in [0.5, 0.6) is 0 Å². The van der Waals surface area contributed by atoms with Crippen LogP contribution in [0.15, 0.2) is 73.1 Å². The normalized spacial score (nSPS) is 10.8. The molecule has 0 aliphatic carbocycles. The molecule has 0 bridgehead atoms. The second-order valence-corrected chi connectivity index (χ2v) is 6.02. The molecular formula is C20H20N6. The molecule has 6 heteroatoms. The zero-order valence-corrected chi connectivity index (χ0v) is 14.3. The van der Waals surface area contributed by atoms with Crippen LogP contribution in [-0.2, 0) is 6.54 Å². The Bertz CT molecular complexity index is 863. The lowest BCUT2D eigenvalue weighted by Crippen LogP contribution is -2.08. The van der Waals surface area contributed by atoms with Crippen LogP contribution >= 0.6 is 0 Å². The number of hydrogen-bond acceptors (Lipinski definition) is 4. The van der Waals surface area contributed by atoms with Gasteiger partial charge in [-0.2, -0.15) is 0 Å². The molecule has 4 rings (SSSR count). The first-order chi connectivity index (χ1) is 12.9. The molecule has 0 amide bonds. The van der Waals surface area contributed by atoms with Crippen LogP contribution < -0.4 is 5.32 Å². The third kappa shape index (κ3) is 3.80. The predicted molar refractivity (Wildman–Crippen MR) is 103 cm³/mol. The molecule has 2 heterocycles. The lowest BCUT2D eigenvalue weighted by Gasteiger charge is -2.03. The molecule has 26 heavy (non-hydrogen) atoms. The van der Waals surface area contributed by atoms with E-state index in [1.165, 1.54) is 0 Å². The third-order valence-electron chi connectivity index (χ3n) is 4.13. The van der Waals surface area contributed by atoms with Crippen LogP contribution in [0.3, 0.4) is 0 Å². The van der Waals surface area contributed by atoms with Gasteiger partial charge in [-0.3, -0.25) is 4.68 Å². The van der Waals surface area contributed by atoms with Crippen molar-refractivity contribution in [3.8, 4) is 22.5 Å². The second kappa shape index (κ2) is 7.65. The zero-order chi connectivity index (χ0) is 17.6. The van der Waals surface area contributed by atoms with Gasteiger partial charge in [-0.25, -0.2) is 4.98 Å². The Balaban J connectivity index is 1.27. The molecule has 2 aromatic heterocycles. The lowest BCUT2D eigenvalue weighted by atomic mass is 10.2. The summed E-state index contributed by atoms with van der Waals surface area (Å²) in [5.41, 5.74) is 4.12. The van der Waals surface area contributed by atoms with Crippen LogP contribution in [-0.4, -0.2) is 31.5 Å². The Morgan fingerprint density at radius 1 is 0.923 bits per heavy atom. The first kappa shape index (κ1) is 16.1. The van der Waals surface area contributed by atoms with Crippen molar-refractivity contribution in [1.82, 2.24) is 25.0 Å². The largest absolute Gasteiger partial charge is 0.356 e. The van der Waals surface area contributed by atoms with Crippen molar-refractivity contribution in [2.24, 2.45) is 0 Å². The molecule has 130 valence electrons. The minimum Gasteiger partial charge on any atom is -0.356 e. The third-order valence-corrected chi connectivity index (χ3v) is 4.13. The van der Waals surface area contributed by atoms with Crippen molar-refractivity contribution in [3.63, 3.8) is 0 Å². The van der Waals surface area contributed by atoms with Crippen molar-refractivity contribution in [2.45, 2.75) is 13.0 Å². The van der Waals surface area contributed by atoms with Gasteiger partial charge in [0.2, 0.25) is 5.95 Å². The highest BCUT2D eigenvalue weighted by molar-refractivity contribution is 5.60. The van der Waals surface area contributed by atoms with Gasteiger partial charge in [-0.1, -0.05) is 65.9 Å². The summed E-state index contributed by atoms with van der Waals surface area (Å²) in [5, 5.41) is 11.7. The summed E-state index contributed by atoms with van der Waals surface area (Å²) < 4.78 is 1.88. The fourth-order valence-electron chi connectivity index (χ4n) is 2.77. The molecule has 0 atom stereocenters. The van der Waals surface area contributed by atoms with Gasteiger partial charge in [-0.05, 0) is 12.0 Å². The molecule has 0 aliphatic rings. The monoisotopic (exact) mass is 344 g/mol. The Kier molecular flexibility index (Phi) is 4.73. The van der Waals surface area contributed by atoms with E-state index < -0.39 is 0 Å². The van der Waals surface area contributed by atoms with Crippen molar-refractivity contribution in [3.05, 3.63) is 73.1 Å². The number of nitrogens with one attached hydrogen (secondary N) is 2. The topological polar surface area (TPSA) is 71.4 Å². The first-order valence-electron chi connectivity index (χ1n) is 8.68. The molecule has 0 fully saturated rings. The van der Waals surface area contributed by atoms with Crippen LogP contribution in [0.4, 0.5) is 5.95 Å². The van der Waals surface area contributed by atoms with Gasteiger partial charge in [0.05, 0.1) is 18.1 Å². The minimum absolute atomic E-state index is 0.785. The van der Waals surface area contributed by atoms with E-state index in [9.17, 15) is 0 Å². The van der Waals surface area contributed by atoms with Gasteiger partial charge >= 0.3 is 0 Å². The van der Waals surface area contributed by atoms with Crippen molar-refractivity contribution in [2.75, 3.05) is 11.9 Å². The maximum absolute atomic E-state index is 4.38. The summed E-state index contributed by atoms with van der Waals surface area (Å²) in [7, 11) is 0. The first-order valence-corrected chi connectivity index (χ1v) is 8.68. The van der Waals surface area contributed by atoms with E-state index in [1.807, 2.05) is 65.6 Å². The number of H-pyrrole nitrogens is 1. The second-order valence-electron chi connectivity index (χ2n) is 6.02. The van der Waals surface area contributed by atoms with Crippen LogP contribution in [0.2, 0.25) is 0 Å². The minimum atomic E-state index is 0.785. The number of aromatic amines is 1. The zero-order valence-electron chi connectivity index (χ0n) is 14.3. The van der Waals surface area contributed by atoms with E-state index in [1.54, 1.807) is 0 Å². The fourth-order valence-corrected chi connectivity index (χ4v) is 2.77. The smallest absolute Gasteiger partial charge is 0.200 e. The average molecular weight is 344 g/mol. The van der Waals surface area contributed by atoms with Gasteiger partial charge in [0.25, 0.3) is 0 Å². The summed E-state index contributed by atoms with van der Waals surface area (Å²) in [4.78, 5) is 7.68. The molecule has 0 spiro atoms. The summed E-state index contributed by atoms with van der Waals surface area (Å²) in [6.07, 6.45) is 4.76. The molecule has 4 aromatic rings. The predicted octanol–water partition coefficient (Wildman–Crippen LogP) is 3.84. The van der Waals surface area contributed by atoms with Gasteiger partial charge in [0.15, 0.2) is 0 Å². The number of aryl methyl sites for hydroxylation is 1. The molecule has 6 nitrogen and oxygen atoms in total. The molecule has 0 saturated carbocycles. The summed E-state index contributed by atoms with van der Waals surface area (Å²) >= 11 is 0. The number of anilines is 1. The van der Waals surface area contributed by atoms with E-state index in [0.717, 1.165) is 48.0 Å². The number of nitrogens with zero attached hydrogens (tertiary/aromatic N) is 4. The highest BCUT2D eigenvalue weighted by Crippen LogP contribution is 2.18. The number of rotatable bonds is 7. The molecule has 0 unspecified atom stereocenters. The quantitative estimate of drug-likeness (QED) is 0.500. The van der Waals surface area contributed by atoms with E-state index in [-0.39, 0.29) is 0 Å². The van der Waals surface area contributed by atoms with E-state index in [2.05, 4.69) is 37.7 Å². The SMILES string of the molecule is c1ccc(-c2cn(CCCNc3ncc(-c4ccccc4)[nH]3)nn2)cc1. The number of hydrogen-bond donors (Lipinski definition) is 2. The maximum atomic E-state index is 4.38. The van der Waals surface area contributed by atoms with Crippen LogP contribution in [0.25, 0.3) is 22.5 Å². The lowest BCUT2D eigenvalue weighted by molar-refractivity contribution is 0.569. The fraction of sp³-hybridized carbons (Fsp3) is 0.150. The molecule has 0 saturated heterocycles. The van der Waals surface area contributed by atoms with Gasteiger partial charge in [-0.15, -0.1) is 5.10 Å². The number of benzene rings is 2. The van der Waals surface area contributed by atoms with Gasteiger partial charge in [0.1, 0.15) is 5.69 Å². The van der Waals surface area contributed by atoms with Crippen LogP contribution in [0, 0.1) is 0 Å².